The maximum atomic E-state index is 10.2. The number of aliphatic hydroxyl groups excluding tert-OH is 1. The first-order chi connectivity index (χ1) is 8.56. The second-order valence-corrected chi connectivity index (χ2v) is 3.83. The number of furan rings is 1. The van der Waals surface area contributed by atoms with E-state index in [1.54, 1.807) is 0 Å². The van der Waals surface area contributed by atoms with Crippen LogP contribution in [-0.4, -0.2) is 46.2 Å². The van der Waals surface area contributed by atoms with E-state index in [4.69, 9.17) is 10.2 Å². The SMILES string of the molecule is CCN1C=CN(C)C1.O=C(O)c1ccc(CO)o1. The molecule has 0 amide bonds. The minimum atomic E-state index is -1.13. The van der Waals surface area contributed by atoms with Crippen molar-refractivity contribution in [3.63, 3.8) is 0 Å². The zero-order chi connectivity index (χ0) is 13.5. The first kappa shape index (κ1) is 14.1. The van der Waals surface area contributed by atoms with Crippen molar-refractivity contribution in [1.29, 1.82) is 0 Å². The highest BCUT2D eigenvalue weighted by atomic mass is 16.4. The van der Waals surface area contributed by atoms with Crippen molar-refractivity contribution in [2.75, 3.05) is 20.3 Å². The van der Waals surface area contributed by atoms with E-state index in [1.165, 1.54) is 12.1 Å². The highest BCUT2D eigenvalue weighted by Crippen LogP contribution is 2.06. The predicted molar refractivity (Wildman–Crippen MR) is 65.7 cm³/mol. The lowest BCUT2D eigenvalue weighted by Crippen LogP contribution is -2.21. The van der Waals surface area contributed by atoms with Crippen LogP contribution in [0.4, 0.5) is 0 Å². The Bertz CT molecular complexity index is 414. The van der Waals surface area contributed by atoms with Crippen molar-refractivity contribution in [3.8, 4) is 0 Å². The number of carboxylic acids is 1. The van der Waals surface area contributed by atoms with E-state index in [1.807, 2.05) is 0 Å². The zero-order valence-electron chi connectivity index (χ0n) is 10.5. The number of aliphatic hydroxyl groups is 1. The molecule has 0 atom stereocenters. The summed E-state index contributed by atoms with van der Waals surface area (Å²) in [4.78, 5) is 14.6. The number of nitrogens with zero attached hydrogens (tertiary/aromatic N) is 2. The third-order valence-corrected chi connectivity index (χ3v) is 2.37. The summed E-state index contributed by atoms with van der Waals surface area (Å²) in [7, 11) is 2.08. The summed E-state index contributed by atoms with van der Waals surface area (Å²) in [6.45, 7) is 4.05. The summed E-state index contributed by atoms with van der Waals surface area (Å²) in [5, 5.41) is 16.8. The Hall–Kier alpha value is -1.95. The van der Waals surface area contributed by atoms with Crippen LogP contribution in [0.15, 0.2) is 28.9 Å². The van der Waals surface area contributed by atoms with Crippen LogP contribution in [0.3, 0.4) is 0 Å². The van der Waals surface area contributed by atoms with Crippen LogP contribution >= 0.6 is 0 Å². The van der Waals surface area contributed by atoms with E-state index in [0.717, 1.165) is 13.2 Å². The minimum Gasteiger partial charge on any atom is -0.475 e. The van der Waals surface area contributed by atoms with Crippen molar-refractivity contribution in [1.82, 2.24) is 9.80 Å². The van der Waals surface area contributed by atoms with Gasteiger partial charge >= 0.3 is 5.97 Å². The van der Waals surface area contributed by atoms with Gasteiger partial charge in [-0.1, -0.05) is 0 Å². The van der Waals surface area contributed by atoms with Gasteiger partial charge in [0, 0.05) is 26.0 Å². The lowest BCUT2D eigenvalue weighted by Gasteiger charge is -2.14. The molecular formula is C12H18N2O4. The Morgan fingerprint density at radius 3 is 2.44 bits per heavy atom. The van der Waals surface area contributed by atoms with Gasteiger partial charge in [0.2, 0.25) is 5.76 Å². The molecule has 0 saturated carbocycles. The molecule has 0 aliphatic carbocycles. The van der Waals surface area contributed by atoms with Gasteiger partial charge in [0.1, 0.15) is 12.4 Å². The molecule has 100 valence electrons. The Labute approximate surface area is 106 Å². The molecular weight excluding hydrogens is 236 g/mol. The summed E-state index contributed by atoms with van der Waals surface area (Å²) in [5.74, 6) is -1.01. The fraction of sp³-hybridized carbons (Fsp3) is 0.417. The van der Waals surface area contributed by atoms with Gasteiger partial charge < -0.3 is 24.4 Å². The molecule has 2 heterocycles. The minimum absolute atomic E-state index is 0.149. The molecule has 6 nitrogen and oxygen atoms in total. The van der Waals surface area contributed by atoms with Crippen LogP contribution in [0.2, 0.25) is 0 Å². The maximum Gasteiger partial charge on any atom is 0.371 e. The second-order valence-electron chi connectivity index (χ2n) is 3.83. The molecule has 0 aromatic carbocycles. The summed E-state index contributed by atoms with van der Waals surface area (Å²) >= 11 is 0. The van der Waals surface area contributed by atoms with Gasteiger partial charge in [-0.3, -0.25) is 0 Å². The first-order valence-corrected chi connectivity index (χ1v) is 5.62. The Morgan fingerprint density at radius 2 is 2.17 bits per heavy atom. The molecule has 0 fully saturated rings. The third kappa shape index (κ3) is 4.14. The molecule has 0 unspecified atom stereocenters. The first-order valence-electron chi connectivity index (χ1n) is 5.62. The number of aromatic carboxylic acids is 1. The number of hydrogen-bond acceptors (Lipinski definition) is 5. The summed E-state index contributed by atoms with van der Waals surface area (Å²) in [6, 6.07) is 2.72. The van der Waals surface area contributed by atoms with E-state index in [0.29, 0.717) is 0 Å². The molecule has 0 bridgehead atoms. The van der Waals surface area contributed by atoms with Crippen LogP contribution in [0.1, 0.15) is 23.2 Å². The van der Waals surface area contributed by atoms with Crippen LogP contribution < -0.4 is 0 Å². The average molecular weight is 254 g/mol. The monoisotopic (exact) mass is 254 g/mol. The molecule has 2 rings (SSSR count). The van der Waals surface area contributed by atoms with Gasteiger partial charge in [0.25, 0.3) is 0 Å². The molecule has 18 heavy (non-hydrogen) atoms. The molecule has 1 aromatic heterocycles. The highest BCUT2D eigenvalue weighted by molar-refractivity contribution is 5.84. The van der Waals surface area contributed by atoms with Gasteiger partial charge in [-0.2, -0.15) is 0 Å². The van der Waals surface area contributed by atoms with E-state index in [9.17, 15) is 4.79 Å². The maximum absolute atomic E-state index is 10.2. The fourth-order valence-corrected chi connectivity index (χ4v) is 1.37. The van der Waals surface area contributed by atoms with E-state index in [2.05, 4.69) is 40.6 Å². The largest absolute Gasteiger partial charge is 0.475 e. The molecule has 1 aromatic rings. The standard InChI is InChI=1S/C6H12N2.C6H6O4/c1-3-8-5-4-7(2)6-8;7-3-4-1-2-5(10-4)6(8)9/h4-5H,3,6H2,1-2H3;1-2,7H,3H2,(H,8,9). The van der Waals surface area contributed by atoms with E-state index >= 15 is 0 Å². The summed E-state index contributed by atoms with van der Waals surface area (Å²) in [5.41, 5.74) is 0. The average Bonchev–Trinajstić information content (AvgIpc) is 2.97. The molecule has 1 aliphatic rings. The van der Waals surface area contributed by atoms with E-state index in [-0.39, 0.29) is 18.1 Å². The van der Waals surface area contributed by atoms with E-state index < -0.39 is 5.97 Å². The number of carboxylic acid groups (broad SMARTS) is 1. The second kappa shape index (κ2) is 6.70. The van der Waals surface area contributed by atoms with Crippen LogP contribution in [0.25, 0.3) is 0 Å². The molecule has 0 spiro atoms. The van der Waals surface area contributed by atoms with Gasteiger partial charge in [-0.05, 0) is 19.1 Å². The van der Waals surface area contributed by atoms with Crippen LogP contribution in [0.5, 0.6) is 0 Å². The normalized spacial score (nSPS) is 13.5. The van der Waals surface area contributed by atoms with Gasteiger partial charge in [0.05, 0.1) is 6.67 Å². The summed E-state index contributed by atoms with van der Waals surface area (Å²) < 4.78 is 4.64. The summed E-state index contributed by atoms with van der Waals surface area (Å²) in [6.07, 6.45) is 4.20. The van der Waals surface area contributed by atoms with Gasteiger partial charge in [0.15, 0.2) is 0 Å². The predicted octanol–water partition coefficient (Wildman–Crippen LogP) is 1.15. The number of carbonyl (C=O) groups is 1. The fourth-order valence-electron chi connectivity index (χ4n) is 1.37. The lowest BCUT2D eigenvalue weighted by molar-refractivity contribution is 0.0657. The van der Waals surface area contributed by atoms with Crippen molar-refractivity contribution in [2.24, 2.45) is 0 Å². The highest BCUT2D eigenvalue weighted by Gasteiger charge is 2.07. The quantitative estimate of drug-likeness (QED) is 0.842. The smallest absolute Gasteiger partial charge is 0.371 e. The molecule has 0 radical (unpaired) electrons. The van der Waals surface area contributed by atoms with Crippen molar-refractivity contribution >= 4 is 5.97 Å². The van der Waals surface area contributed by atoms with Gasteiger partial charge in [-0.25, -0.2) is 4.79 Å². The third-order valence-electron chi connectivity index (χ3n) is 2.37. The van der Waals surface area contributed by atoms with Gasteiger partial charge in [-0.15, -0.1) is 0 Å². The molecule has 6 heteroatoms. The molecule has 0 saturated heterocycles. The Kier molecular flexibility index (Phi) is 5.26. The topological polar surface area (TPSA) is 77.2 Å². The van der Waals surface area contributed by atoms with Crippen molar-refractivity contribution in [2.45, 2.75) is 13.5 Å². The number of hydrogen-bond donors (Lipinski definition) is 2. The van der Waals surface area contributed by atoms with Crippen LogP contribution in [-0.2, 0) is 6.61 Å². The zero-order valence-corrected chi connectivity index (χ0v) is 10.5. The van der Waals surface area contributed by atoms with Crippen molar-refractivity contribution in [3.05, 3.63) is 36.1 Å². The van der Waals surface area contributed by atoms with Crippen molar-refractivity contribution < 1.29 is 19.4 Å². The molecule has 1 aliphatic heterocycles. The Morgan fingerprint density at radius 1 is 1.44 bits per heavy atom. The molecule has 2 N–H and O–H groups in total. The lowest BCUT2D eigenvalue weighted by atomic mass is 10.4. The van der Waals surface area contributed by atoms with Crippen LogP contribution in [0, 0.1) is 0 Å². The Balaban J connectivity index is 0.000000184. The number of rotatable bonds is 3.